The SMILES string of the molecule is O=C(c1ccc(F)cc1[N+](=O)[O-])N1CCCC(CBr)C1. The Morgan fingerprint density at radius 3 is 2.95 bits per heavy atom. The number of hydrogen-bond acceptors (Lipinski definition) is 3. The Bertz CT molecular complexity index is 538. The number of piperidine rings is 1. The van der Waals surface area contributed by atoms with Gasteiger partial charge < -0.3 is 4.90 Å². The van der Waals surface area contributed by atoms with Crippen molar-refractivity contribution in [3.8, 4) is 0 Å². The Labute approximate surface area is 124 Å². The summed E-state index contributed by atoms with van der Waals surface area (Å²) >= 11 is 3.40. The maximum absolute atomic E-state index is 13.1. The Morgan fingerprint density at radius 1 is 1.55 bits per heavy atom. The topological polar surface area (TPSA) is 63.4 Å². The molecule has 1 aromatic rings. The van der Waals surface area contributed by atoms with Crippen LogP contribution in [0, 0.1) is 21.8 Å². The van der Waals surface area contributed by atoms with Crippen LogP contribution in [0.25, 0.3) is 0 Å². The van der Waals surface area contributed by atoms with Crippen LogP contribution in [-0.4, -0.2) is 34.2 Å². The second-order valence-corrected chi connectivity index (χ2v) is 5.48. The van der Waals surface area contributed by atoms with Gasteiger partial charge in [0.15, 0.2) is 0 Å². The molecule has 1 fully saturated rings. The van der Waals surface area contributed by atoms with Crippen molar-refractivity contribution in [2.45, 2.75) is 12.8 Å². The van der Waals surface area contributed by atoms with E-state index in [2.05, 4.69) is 15.9 Å². The minimum atomic E-state index is -0.720. The van der Waals surface area contributed by atoms with Gasteiger partial charge in [-0.1, -0.05) is 15.9 Å². The molecule has 7 heteroatoms. The van der Waals surface area contributed by atoms with E-state index in [1.807, 2.05) is 0 Å². The van der Waals surface area contributed by atoms with Crippen LogP contribution in [-0.2, 0) is 0 Å². The number of nitrogens with zero attached hydrogens (tertiary/aromatic N) is 2. The van der Waals surface area contributed by atoms with Gasteiger partial charge in [-0.2, -0.15) is 0 Å². The van der Waals surface area contributed by atoms with E-state index in [1.54, 1.807) is 4.90 Å². The number of likely N-dealkylation sites (tertiary alicyclic amines) is 1. The summed E-state index contributed by atoms with van der Waals surface area (Å²) in [4.78, 5) is 24.2. The van der Waals surface area contributed by atoms with Crippen LogP contribution in [0.15, 0.2) is 18.2 Å². The Balaban J connectivity index is 2.27. The molecule has 1 atom stereocenters. The molecule has 108 valence electrons. The lowest BCUT2D eigenvalue weighted by Crippen LogP contribution is -2.40. The van der Waals surface area contributed by atoms with Crippen molar-refractivity contribution >= 4 is 27.5 Å². The lowest BCUT2D eigenvalue weighted by molar-refractivity contribution is -0.385. The molecule has 1 unspecified atom stereocenters. The van der Waals surface area contributed by atoms with Crippen molar-refractivity contribution in [2.24, 2.45) is 5.92 Å². The number of rotatable bonds is 3. The Kier molecular flexibility index (Phi) is 4.69. The summed E-state index contributed by atoms with van der Waals surface area (Å²) in [6.45, 7) is 1.15. The zero-order valence-electron chi connectivity index (χ0n) is 10.7. The molecule has 5 nitrogen and oxygen atoms in total. The second kappa shape index (κ2) is 6.30. The maximum atomic E-state index is 13.1. The van der Waals surface area contributed by atoms with Crippen molar-refractivity contribution in [1.82, 2.24) is 4.90 Å². The third-order valence-electron chi connectivity index (χ3n) is 3.41. The van der Waals surface area contributed by atoms with Crippen LogP contribution in [0.4, 0.5) is 10.1 Å². The normalized spacial score (nSPS) is 18.9. The van der Waals surface area contributed by atoms with Crippen LogP contribution < -0.4 is 0 Å². The van der Waals surface area contributed by atoms with Gasteiger partial charge in [-0.3, -0.25) is 14.9 Å². The summed E-state index contributed by atoms with van der Waals surface area (Å²) < 4.78 is 13.1. The molecule has 0 aliphatic carbocycles. The zero-order chi connectivity index (χ0) is 14.7. The lowest BCUT2D eigenvalue weighted by Gasteiger charge is -2.31. The number of benzene rings is 1. The fourth-order valence-electron chi connectivity index (χ4n) is 2.38. The number of carbonyl (C=O) groups is 1. The standard InChI is InChI=1S/C13H14BrFN2O3/c14-7-9-2-1-5-16(8-9)13(18)11-4-3-10(15)6-12(11)17(19)20/h3-4,6,9H,1-2,5,7-8H2. The lowest BCUT2D eigenvalue weighted by atomic mass is 9.99. The van der Waals surface area contributed by atoms with Gasteiger partial charge in [0.1, 0.15) is 11.4 Å². The molecule has 0 saturated carbocycles. The third kappa shape index (κ3) is 3.15. The van der Waals surface area contributed by atoms with E-state index in [0.29, 0.717) is 19.0 Å². The molecule has 0 aromatic heterocycles. The van der Waals surface area contributed by atoms with Crippen LogP contribution >= 0.6 is 15.9 Å². The fourth-order valence-corrected chi connectivity index (χ4v) is 2.91. The Morgan fingerprint density at radius 2 is 2.30 bits per heavy atom. The number of amides is 1. The molecule has 2 rings (SSSR count). The fraction of sp³-hybridized carbons (Fsp3) is 0.462. The van der Waals surface area contributed by atoms with E-state index in [9.17, 15) is 19.3 Å². The first-order valence-corrected chi connectivity index (χ1v) is 7.44. The highest BCUT2D eigenvalue weighted by Crippen LogP contribution is 2.25. The van der Waals surface area contributed by atoms with Crippen molar-refractivity contribution in [2.75, 3.05) is 18.4 Å². The number of carbonyl (C=O) groups excluding carboxylic acids is 1. The highest BCUT2D eigenvalue weighted by molar-refractivity contribution is 9.09. The summed E-state index contributed by atoms with van der Waals surface area (Å²) in [5, 5.41) is 11.7. The minimum absolute atomic E-state index is 0.0494. The van der Waals surface area contributed by atoms with Crippen molar-refractivity contribution in [1.29, 1.82) is 0 Å². The largest absolute Gasteiger partial charge is 0.338 e. The smallest absolute Gasteiger partial charge is 0.285 e. The molecule has 0 spiro atoms. The molecule has 1 heterocycles. The average molecular weight is 345 g/mol. The quantitative estimate of drug-likeness (QED) is 0.481. The van der Waals surface area contributed by atoms with E-state index in [0.717, 1.165) is 30.3 Å². The highest BCUT2D eigenvalue weighted by Gasteiger charge is 2.28. The molecule has 0 radical (unpaired) electrons. The number of alkyl halides is 1. The van der Waals surface area contributed by atoms with Gasteiger partial charge in [0.2, 0.25) is 0 Å². The first-order valence-electron chi connectivity index (χ1n) is 6.32. The summed E-state index contributed by atoms with van der Waals surface area (Å²) in [7, 11) is 0. The average Bonchev–Trinajstić information content (AvgIpc) is 2.46. The van der Waals surface area contributed by atoms with Crippen molar-refractivity contribution in [3.05, 3.63) is 39.7 Å². The van der Waals surface area contributed by atoms with Crippen molar-refractivity contribution in [3.63, 3.8) is 0 Å². The molecule has 1 aliphatic heterocycles. The van der Waals surface area contributed by atoms with Gasteiger partial charge >= 0.3 is 0 Å². The van der Waals surface area contributed by atoms with Gasteiger partial charge in [0.25, 0.3) is 11.6 Å². The number of nitro benzene ring substituents is 1. The summed E-state index contributed by atoms with van der Waals surface area (Å²) in [6, 6.07) is 3.05. The van der Waals surface area contributed by atoms with Crippen LogP contribution in [0.1, 0.15) is 23.2 Å². The predicted molar refractivity (Wildman–Crippen MR) is 75.5 cm³/mol. The maximum Gasteiger partial charge on any atom is 0.285 e. The number of hydrogen-bond donors (Lipinski definition) is 0. The molecule has 0 bridgehead atoms. The van der Waals surface area contributed by atoms with Gasteiger partial charge in [-0.25, -0.2) is 4.39 Å². The van der Waals surface area contributed by atoms with E-state index >= 15 is 0 Å². The molecule has 1 aliphatic rings. The van der Waals surface area contributed by atoms with E-state index in [-0.39, 0.29) is 5.56 Å². The van der Waals surface area contributed by atoms with Gasteiger partial charge in [0.05, 0.1) is 11.0 Å². The number of nitro groups is 1. The molecular formula is C13H14BrFN2O3. The van der Waals surface area contributed by atoms with Gasteiger partial charge in [-0.15, -0.1) is 0 Å². The summed E-state index contributed by atoms with van der Waals surface area (Å²) in [5.74, 6) is -0.764. The zero-order valence-corrected chi connectivity index (χ0v) is 12.3. The van der Waals surface area contributed by atoms with Crippen molar-refractivity contribution < 1.29 is 14.1 Å². The van der Waals surface area contributed by atoms with Crippen LogP contribution in [0.2, 0.25) is 0 Å². The minimum Gasteiger partial charge on any atom is -0.338 e. The predicted octanol–water partition coefficient (Wildman–Crippen LogP) is 2.98. The van der Waals surface area contributed by atoms with Gasteiger partial charge in [-0.05, 0) is 30.9 Å². The second-order valence-electron chi connectivity index (χ2n) is 4.83. The summed E-state index contributed by atoms with van der Waals surface area (Å²) in [5.41, 5.74) is -0.525. The Hall–Kier alpha value is -1.50. The molecular weight excluding hydrogens is 331 g/mol. The molecule has 1 aromatic carbocycles. The molecule has 20 heavy (non-hydrogen) atoms. The third-order valence-corrected chi connectivity index (χ3v) is 4.33. The van der Waals surface area contributed by atoms with E-state index in [1.165, 1.54) is 6.07 Å². The molecule has 1 amide bonds. The van der Waals surface area contributed by atoms with Crippen LogP contribution in [0.5, 0.6) is 0 Å². The summed E-state index contributed by atoms with van der Waals surface area (Å²) in [6.07, 6.45) is 1.90. The number of halogens is 2. The van der Waals surface area contributed by atoms with E-state index in [4.69, 9.17) is 0 Å². The molecule has 0 N–H and O–H groups in total. The first kappa shape index (κ1) is 14.9. The monoisotopic (exact) mass is 344 g/mol. The molecule has 1 saturated heterocycles. The highest BCUT2D eigenvalue weighted by atomic mass is 79.9. The van der Waals surface area contributed by atoms with E-state index < -0.39 is 22.3 Å². The van der Waals surface area contributed by atoms with Gasteiger partial charge in [0, 0.05) is 18.4 Å². The first-order chi connectivity index (χ1) is 9.52. The van der Waals surface area contributed by atoms with Crippen LogP contribution in [0.3, 0.4) is 0 Å².